The molecule has 8 nitrogen and oxygen atoms in total. The van der Waals surface area contributed by atoms with Crippen molar-refractivity contribution in [3.8, 4) is 5.75 Å². The van der Waals surface area contributed by atoms with Gasteiger partial charge in [0.1, 0.15) is 18.1 Å². The summed E-state index contributed by atoms with van der Waals surface area (Å²) >= 11 is 0.701. The molecule has 1 saturated heterocycles. The number of nitrogens with one attached hydrogen (secondary N) is 1. The first-order valence-electron chi connectivity index (χ1n) is 8.97. The zero-order valence-corrected chi connectivity index (χ0v) is 17.1. The Morgan fingerprint density at radius 1 is 1.13 bits per heavy atom. The average molecular weight is 444 g/mol. The minimum Gasteiger partial charge on any atom is -0.482 e. The van der Waals surface area contributed by atoms with Gasteiger partial charge in [0, 0.05) is 0 Å². The van der Waals surface area contributed by atoms with Gasteiger partial charge in [-0.05, 0) is 47.7 Å². The number of halogens is 1. The maximum Gasteiger partial charge on any atom is 0.343 e. The van der Waals surface area contributed by atoms with Crippen molar-refractivity contribution in [2.45, 2.75) is 0 Å². The van der Waals surface area contributed by atoms with E-state index in [2.05, 4.69) is 10.1 Å². The zero-order valence-electron chi connectivity index (χ0n) is 16.3. The van der Waals surface area contributed by atoms with E-state index in [4.69, 9.17) is 4.74 Å². The first-order chi connectivity index (χ1) is 14.9. The summed E-state index contributed by atoms with van der Waals surface area (Å²) in [4.78, 5) is 48.9. The summed E-state index contributed by atoms with van der Waals surface area (Å²) in [6, 6.07) is 12.1. The predicted octanol–water partition coefficient (Wildman–Crippen LogP) is 3.05. The number of imide groups is 1. The standard InChI is InChI=1S/C21H17FN2O6S/c1-29-19(26)12-30-14-8-6-13(7-9-14)10-17-20(27)24(21(28)31-17)11-18(25)23-16-5-3-2-4-15(16)22/h2-10H,11-12H2,1H3,(H,23,25)/b17-10+. The maximum atomic E-state index is 13.6. The van der Waals surface area contributed by atoms with Gasteiger partial charge in [-0.3, -0.25) is 19.3 Å². The Kier molecular flexibility index (Phi) is 7.03. The van der Waals surface area contributed by atoms with Crippen LogP contribution in [0.3, 0.4) is 0 Å². The highest BCUT2D eigenvalue weighted by Crippen LogP contribution is 2.32. The molecule has 0 aromatic heterocycles. The van der Waals surface area contributed by atoms with Crippen molar-refractivity contribution in [1.29, 1.82) is 0 Å². The van der Waals surface area contributed by atoms with E-state index in [1.165, 1.54) is 31.4 Å². The average Bonchev–Trinajstić information content (AvgIpc) is 3.02. The van der Waals surface area contributed by atoms with Crippen molar-refractivity contribution in [1.82, 2.24) is 4.90 Å². The van der Waals surface area contributed by atoms with Gasteiger partial charge >= 0.3 is 5.97 Å². The number of methoxy groups -OCH3 is 1. The molecule has 0 aliphatic carbocycles. The number of hydrogen-bond donors (Lipinski definition) is 1. The molecule has 1 heterocycles. The quantitative estimate of drug-likeness (QED) is 0.517. The second-order valence-corrected chi connectivity index (χ2v) is 7.22. The molecule has 3 amide bonds. The Morgan fingerprint density at radius 3 is 2.52 bits per heavy atom. The summed E-state index contributed by atoms with van der Waals surface area (Å²) in [5.41, 5.74) is 0.580. The molecule has 0 saturated carbocycles. The van der Waals surface area contributed by atoms with Crippen LogP contribution in [0.2, 0.25) is 0 Å². The molecule has 1 fully saturated rings. The molecule has 3 rings (SSSR count). The van der Waals surface area contributed by atoms with Crippen LogP contribution >= 0.6 is 11.8 Å². The van der Waals surface area contributed by atoms with Crippen LogP contribution in [-0.2, 0) is 19.1 Å². The van der Waals surface area contributed by atoms with Crippen molar-refractivity contribution < 1.29 is 33.0 Å². The summed E-state index contributed by atoms with van der Waals surface area (Å²) in [6.45, 7) is -0.764. The molecule has 2 aromatic carbocycles. The predicted molar refractivity (Wildman–Crippen MR) is 112 cm³/mol. The summed E-state index contributed by atoms with van der Waals surface area (Å²) in [7, 11) is 1.26. The van der Waals surface area contributed by atoms with Gasteiger partial charge in [0.15, 0.2) is 6.61 Å². The summed E-state index contributed by atoms with van der Waals surface area (Å²) in [5, 5.41) is 1.74. The van der Waals surface area contributed by atoms with Crippen LogP contribution in [0.4, 0.5) is 14.9 Å². The normalized spacial score (nSPS) is 14.6. The number of nitrogens with zero attached hydrogens (tertiary/aromatic N) is 1. The first kappa shape index (κ1) is 22.0. The van der Waals surface area contributed by atoms with Crippen LogP contribution in [0.15, 0.2) is 53.4 Å². The number of hydrogen-bond acceptors (Lipinski definition) is 7. The van der Waals surface area contributed by atoms with Gasteiger partial charge in [-0.1, -0.05) is 24.3 Å². The third-order valence-corrected chi connectivity index (χ3v) is 4.99. The van der Waals surface area contributed by atoms with Crippen molar-refractivity contribution in [2.24, 2.45) is 0 Å². The van der Waals surface area contributed by atoms with E-state index < -0.39 is 35.4 Å². The lowest BCUT2D eigenvalue weighted by atomic mass is 10.2. The van der Waals surface area contributed by atoms with E-state index in [0.29, 0.717) is 23.1 Å². The lowest BCUT2D eigenvalue weighted by molar-refractivity contribution is -0.142. The Labute approximate surface area is 181 Å². The molecule has 1 aliphatic heterocycles. The number of ether oxygens (including phenoxy) is 2. The molecule has 0 spiro atoms. The highest BCUT2D eigenvalue weighted by atomic mass is 32.2. The number of carbonyl (C=O) groups is 4. The van der Waals surface area contributed by atoms with Gasteiger partial charge in [-0.15, -0.1) is 0 Å². The SMILES string of the molecule is COC(=O)COc1ccc(/C=C2/SC(=O)N(CC(=O)Nc3ccccc3F)C2=O)cc1. The molecule has 1 aliphatic rings. The largest absolute Gasteiger partial charge is 0.482 e. The Morgan fingerprint density at radius 2 is 1.84 bits per heavy atom. The fourth-order valence-electron chi connectivity index (χ4n) is 2.55. The van der Waals surface area contributed by atoms with Gasteiger partial charge in [0.05, 0.1) is 17.7 Å². The second kappa shape index (κ2) is 9.90. The van der Waals surface area contributed by atoms with E-state index >= 15 is 0 Å². The molecule has 0 bridgehead atoms. The van der Waals surface area contributed by atoms with Gasteiger partial charge in [0.25, 0.3) is 11.1 Å². The first-order valence-corrected chi connectivity index (χ1v) is 9.78. The highest BCUT2D eigenvalue weighted by molar-refractivity contribution is 8.18. The fourth-order valence-corrected chi connectivity index (χ4v) is 3.38. The summed E-state index contributed by atoms with van der Waals surface area (Å²) < 4.78 is 23.4. The van der Waals surface area contributed by atoms with Gasteiger partial charge < -0.3 is 14.8 Å². The van der Waals surface area contributed by atoms with Gasteiger partial charge in [-0.25, -0.2) is 9.18 Å². The van der Waals surface area contributed by atoms with Crippen molar-refractivity contribution >= 4 is 46.5 Å². The molecule has 1 N–H and O–H groups in total. The van der Waals surface area contributed by atoms with E-state index in [-0.39, 0.29) is 17.2 Å². The van der Waals surface area contributed by atoms with Gasteiger partial charge in [-0.2, -0.15) is 0 Å². The monoisotopic (exact) mass is 444 g/mol. The molecular weight excluding hydrogens is 427 g/mol. The van der Waals surface area contributed by atoms with E-state index in [9.17, 15) is 23.6 Å². The van der Waals surface area contributed by atoms with Crippen LogP contribution < -0.4 is 10.1 Å². The minimum atomic E-state index is -0.694. The number of thioether (sulfide) groups is 1. The second-order valence-electron chi connectivity index (χ2n) is 6.23. The summed E-state index contributed by atoms with van der Waals surface area (Å²) in [5.74, 6) is -2.02. The number of rotatable bonds is 7. The number of para-hydroxylation sites is 1. The smallest absolute Gasteiger partial charge is 0.343 e. The molecule has 160 valence electrons. The zero-order chi connectivity index (χ0) is 22.4. The van der Waals surface area contributed by atoms with Crippen LogP contribution in [0, 0.1) is 5.82 Å². The number of amides is 3. The molecule has 0 atom stereocenters. The maximum absolute atomic E-state index is 13.6. The van der Waals surface area contributed by atoms with E-state index in [1.54, 1.807) is 30.3 Å². The highest BCUT2D eigenvalue weighted by Gasteiger charge is 2.36. The van der Waals surface area contributed by atoms with Crippen molar-refractivity contribution in [3.05, 3.63) is 64.8 Å². The van der Waals surface area contributed by atoms with Crippen LogP contribution in [-0.4, -0.2) is 48.2 Å². The van der Waals surface area contributed by atoms with E-state index in [0.717, 1.165) is 4.90 Å². The van der Waals surface area contributed by atoms with Crippen LogP contribution in [0.5, 0.6) is 5.75 Å². The molecule has 10 heteroatoms. The number of esters is 1. The lowest BCUT2D eigenvalue weighted by Gasteiger charge is -2.12. The molecular formula is C21H17FN2O6S. The molecule has 2 aromatic rings. The van der Waals surface area contributed by atoms with E-state index in [1.807, 2.05) is 0 Å². The van der Waals surface area contributed by atoms with Crippen molar-refractivity contribution in [2.75, 3.05) is 25.6 Å². The molecule has 0 unspecified atom stereocenters. The minimum absolute atomic E-state index is 0.0375. The third-order valence-electron chi connectivity index (χ3n) is 4.09. The van der Waals surface area contributed by atoms with Crippen molar-refractivity contribution in [3.63, 3.8) is 0 Å². The lowest BCUT2D eigenvalue weighted by Crippen LogP contribution is -2.36. The molecule has 31 heavy (non-hydrogen) atoms. The fraction of sp³-hybridized carbons (Fsp3) is 0.143. The molecule has 0 radical (unpaired) electrons. The van der Waals surface area contributed by atoms with Crippen LogP contribution in [0.25, 0.3) is 6.08 Å². The van der Waals surface area contributed by atoms with Crippen LogP contribution in [0.1, 0.15) is 5.56 Å². The van der Waals surface area contributed by atoms with Gasteiger partial charge in [0.2, 0.25) is 5.91 Å². The number of benzene rings is 2. The third kappa shape index (κ3) is 5.70. The Hall–Kier alpha value is -3.66. The number of anilines is 1. The Balaban J connectivity index is 1.62. The Bertz CT molecular complexity index is 1050. The topological polar surface area (TPSA) is 102 Å². The number of carbonyl (C=O) groups excluding carboxylic acids is 4. The summed E-state index contributed by atoms with van der Waals surface area (Å²) in [6.07, 6.45) is 1.50.